The fraction of sp³-hybridized carbons (Fsp3) is 0.500. The van der Waals surface area contributed by atoms with Crippen LogP contribution in [0.5, 0.6) is 0 Å². The van der Waals surface area contributed by atoms with Gasteiger partial charge in [-0.3, -0.25) is 4.79 Å². The third-order valence-electron chi connectivity index (χ3n) is 3.98. The second-order valence-corrected chi connectivity index (χ2v) is 5.12. The van der Waals surface area contributed by atoms with Gasteiger partial charge < -0.3 is 10.4 Å². The van der Waals surface area contributed by atoms with E-state index in [9.17, 15) is 4.79 Å². The van der Waals surface area contributed by atoms with Gasteiger partial charge in [-0.15, -0.1) is 0 Å². The lowest BCUT2D eigenvalue weighted by Gasteiger charge is -2.16. The first kappa shape index (κ1) is 12.0. The predicted octanol–water partition coefficient (Wildman–Crippen LogP) is 2.89. The molecule has 2 rings (SSSR count). The van der Waals surface area contributed by atoms with Gasteiger partial charge in [-0.05, 0) is 56.4 Å². The number of anilines is 1. The summed E-state index contributed by atoms with van der Waals surface area (Å²) in [5.41, 5.74) is 4.31. The van der Waals surface area contributed by atoms with E-state index in [1.807, 2.05) is 6.07 Å². The number of carboxylic acid groups (broad SMARTS) is 1. The van der Waals surface area contributed by atoms with Crippen molar-refractivity contribution >= 4 is 11.7 Å². The minimum absolute atomic E-state index is 0.509. The summed E-state index contributed by atoms with van der Waals surface area (Å²) in [5.74, 6) is -0.675. The molecule has 1 saturated carbocycles. The lowest BCUT2D eigenvalue weighted by molar-refractivity contribution is -0.142. The van der Waals surface area contributed by atoms with Crippen molar-refractivity contribution in [1.29, 1.82) is 0 Å². The van der Waals surface area contributed by atoms with Gasteiger partial charge in [-0.25, -0.2) is 0 Å². The van der Waals surface area contributed by atoms with Gasteiger partial charge in [0, 0.05) is 12.2 Å². The molecule has 1 aliphatic rings. The number of benzene rings is 1. The molecule has 0 aliphatic heterocycles. The Bertz CT molecular complexity index is 462. The molecule has 0 bridgehead atoms. The molecular formula is C14H19NO2. The third kappa shape index (κ3) is 2.14. The Labute approximate surface area is 102 Å². The third-order valence-corrected chi connectivity index (χ3v) is 3.98. The van der Waals surface area contributed by atoms with Crippen LogP contribution in [0.15, 0.2) is 12.1 Å². The van der Waals surface area contributed by atoms with Crippen LogP contribution in [0.2, 0.25) is 0 Å². The quantitative estimate of drug-likeness (QED) is 0.840. The van der Waals surface area contributed by atoms with Gasteiger partial charge in [0.2, 0.25) is 0 Å². The van der Waals surface area contributed by atoms with Crippen LogP contribution in [0.25, 0.3) is 0 Å². The van der Waals surface area contributed by atoms with Crippen LogP contribution in [0.1, 0.15) is 29.5 Å². The highest BCUT2D eigenvalue weighted by atomic mass is 16.4. The number of carboxylic acids is 1. The first-order valence-corrected chi connectivity index (χ1v) is 6.00. The van der Waals surface area contributed by atoms with E-state index in [-0.39, 0.29) is 0 Å². The molecule has 0 aromatic heterocycles. The summed E-state index contributed by atoms with van der Waals surface area (Å²) in [6.07, 6.45) is 1.58. The fourth-order valence-electron chi connectivity index (χ4n) is 2.03. The van der Waals surface area contributed by atoms with E-state index >= 15 is 0 Å². The first-order valence-electron chi connectivity index (χ1n) is 6.00. The van der Waals surface area contributed by atoms with E-state index < -0.39 is 11.4 Å². The Morgan fingerprint density at radius 1 is 1.29 bits per heavy atom. The molecule has 0 atom stereocenters. The number of aliphatic carboxylic acids is 1. The molecule has 17 heavy (non-hydrogen) atoms. The molecule has 92 valence electrons. The van der Waals surface area contributed by atoms with Crippen LogP contribution in [0, 0.1) is 26.2 Å². The number of carbonyl (C=O) groups is 1. The second-order valence-electron chi connectivity index (χ2n) is 5.12. The van der Waals surface area contributed by atoms with E-state index in [0.29, 0.717) is 6.54 Å². The van der Waals surface area contributed by atoms with Crippen molar-refractivity contribution in [3.63, 3.8) is 0 Å². The summed E-state index contributed by atoms with van der Waals surface area (Å²) in [4.78, 5) is 11.1. The molecule has 0 spiro atoms. The smallest absolute Gasteiger partial charge is 0.311 e. The average molecular weight is 233 g/mol. The molecule has 0 unspecified atom stereocenters. The average Bonchev–Trinajstić information content (AvgIpc) is 3.06. The maximum Gasteiger partial charge on any atom is 0.311 e. The van der Waals surface area contributed by atoms with Crippen LogP contribution >= 0.6 is 0 Å². The summed E-state index contributed by atoms with van der Waals surface area (Å²) in [6, 6.07) is 4.11. The van der Waals surface area contributed by atoms with Gasteiger partial charge >= 0.3 is 5.97 Å². The minimum Gasteiger partial charge on any atom is -0.481 e. The highest BCUT2D eigenvalue weighted by Gasteiger charge is 2.50. The Morgan fingerprint density at radius 2 is 1.94 bits per heavy atom. The van der Waals surface area contributed by atoms with Crippen molar-refractivity contribution in [3.05, 3.63) is 28.8 Å². The molecule has 1 aromatic rings. The zero-order valence-electron chi connectivity index (χ0n) is 10.6. The number of hydrogen-bond acceptors (Lipinski definition) is 2. The number of nitrogens with one attached hydrogen (secondary N) is 1. The molecule has 3 heteroatoms. The van der Waals surface area contributed by atoms with Crippen LogP contribution in [-0.2, 0) is 4.79 Å². The summed E-state index contributed by atoms with van der Waals surface area (Å²) in [7, 11) is 0. The van der Waals surface area contributed by atoms with Crippen LogP contribution < -0.4 is 5.32 Å². The van der Waals surface area contributed by atoms with Crippen molar-refractivity contribution in [3.8, 4) is 0 Å². The van der Waals surface area contributed by atoms with Crippen molar-refractivity contribution in [1.82, 2.24) is 0 Å². The number of rotatable bonds is 4. The summed E-state index contributed by atoms with van der Waals surface area (Å²) in [5, 5.41) is 12.4. The zero-order chi connectivity index (χ0) is 12.6. The van der Waals surface area contributed by atoms with Crippen LogP contribution in [-0.4, -0.2) is 17.6 Å². The molecule has 1 aliphatic carbocycles. The summed E-state index contributed by atoms with van der Waals surface area (Å²) in [6.45, 7) is 6.79. The van der Waals surface area contributed by atoms with E-state index in [0.717, 1.165) is 18.5 Å². The SMILES string of the molecule is Cc1ccc(NCC2(C(=O)O)CC2)c(C)c1C. The molecule has 0 amide bonds. The van der Waals surface area contributed by atoms with E-state index in [4.69, 9.17) is 5.11 Å². The highest BCUT2D eigenvalue weighted by Crippen LogP contribution is 2.46. The Balaban J connectivity index is 2.10. The number of hydrogen-bond donors (Lipinski definition) is 2. The molecule has 1 fully saturated rings. The standard InChI is InChI=1S/C14H19NO2/c1-9-4-5-12(11(3)10(9)2)15-8-14(6-7-14)13(16)17/h4-5,15H,6-8H2,1-3H3,(H,16,17). The summed E-state index contributed by atoms with van der Waals surface area (Å²) < 4.78 is 0. The molecule has 3 nitrogen and oxygen atoms in total. The van der Waals surface area contributed by atoms with E-state index in [1.165, 1.54) is 16.7 Å². The normalized spacial score (nSPS) is 16.6. The highest BCUT2D eigenvalue weighted by molar-refractivity contribution is 5.78. The molecule has 0 saturated heterocycles. The minimum atomic E-state index is -0.675. The summed E-state index contributed by atoms with van der Waals surface area (Å²) >= 11 is 0. The monoisotopic (exact) mass is 233 g/mol. The van der Waals surface area contributed by atoms with Crippen molar-refractivity contribution < 1.29 is 9.90 Å². The Kier molecular flexibility index (Phi) is 2.86. The molecular weight excluding hydrogens is 214 g/mol. The molecule has 2 N–H and O–H groups in total. The topological polar surface area (TPSA) is 49.3 Å². The number of aryl methyl sites for hydroxylation is 1. The van der Waals surface area contributed by atoms with Gasteiger partial charge in [0.05, 0.1) is 5.41 Å². The lowest BCUT2D eigenvalue weighted by atomic mass is 10.0. The zero-order valence-corrected chi connectivity index (χ0v) is 10.6. The van der Waals surface area contributed by atoms with Crippen molar-refractivity contribution in [2.75, 3.05) is 11.9 Å². The van der Waals surface area contributed by atoms with Gasteiger partial charge in [0.15, 0.2) is 0 Å². The van der Waals surface area contributed by atoms with Gasteiger partial charge in [0.1, 0.15) is 0 Å². The molecule has 0 radical (unpaired) electrons. The predicted molar refractivity (Wildman–Crippen MR) is 68.4 cm³/mol. The lowest BCUT2D eigenvalue weighted by Crippen LogP contribution is -2.24. The van der Waals surface area contributed by atoms with Gasteiger partial charge in [-0.2, -0.15) is 0 Å². The Morgan fingerprint density at radius 3 is 2.47 bits per heavy atom. The largest absolute Gasteiger partial charge is 0.481 e. The van der Waals surface area contributed by atoms with Gasteiger partial charge in [-0.1, -0.05) is 6.07 Å². The maximum atomic E-state index is 11.1. The Hall–Kier alpha value is -1.51. The van der Waals surface area contributed by atoms with Crippen LogP contribution in [0.3, 0.4) is 0 Å². The van der Waals surface area contributed by atoms with E-state index in [1.54, 1.807) is 0 Å². The van der Waals surface area contributed by atoms with Crippen molar-refractivity contribution in [2.24, 2.45) is 5.41 Å². The molecule has 0 heterocycles. The fourth-order valence-corrected chi connectivity index (χ4v) is 2.03. The van der Waals surface area contributed by atoms with Gasteiger partial charge in [0.25, 0.3) is 0 Å². The second kappa shape index (κ2) is 4.06. The first-order chi connectivity index (χ1) is 7.96. The van der Waals surface area contributed by atoms with Crippen LogP contribution in [0.4, 0.5) is 5.69 Å². The van der Waals surface area contributed by atoms with E-state index in [2.05, 4.69) is 32.2 Å². The molecule has 1 aromatic carbocycles. The van der Waals surface area contributed by atoms with Crippen molar-refractivity contribution in [2.45, 2.75) is 33.6 Å². The maximum absolute atomic E-state index is 11.1.